The molecule has 2 fully saturated rings. The number of aromatic nitrogens is 1. The Bertz CT molecular complexity index is 994. The van der Waals surface area contributed by atoms with Crippen LogP contribution < -0.4 is 14.8 Å². The van der Waals surface area contributed by atoms with Crippen LogP contribution in [-0.4, -0.2) is 41.6 Å². The number of hydrogen-bond donors (Lipinski definition) is 1. The number of amides is 1. The van der Waals surface area contributed by atoms with Crippen LogP contribution in [0, 0.1) is 10.8 Å². The number of nitrogens with one attached hydrogen (secondary N) is 1. The minimum absolute atomic E-state index is 0.0430. The van der Waals surface area contributed by atoms with Gasteiger partial charge in [0.15, 0.2) is 18.1 Å². The first kappa shape index (κ1) is 24.5. The van der Waals surface area contributed by atoms with Crippen molar-refractivity contribution in [2.45, 2.75) is 72.5 Å². The molecule has 0 radical (unpaired) electrons. The van der Waals surface area contributed by atoms with E-state index < -0.39 is 0 Å². The third-order valence-electron chi connectivity index (χ3n) is 7.14. The zero-order chi connectivity index (χ0) is 24.3. The molecule has 1 N–H and O–H groups in total. The van der Waals surface area contributed by atoms with Crippen molar-refractivity contribution in [2.24, 2.45) is 10.8 Å². The summed E-state index contributed by atoms with van der Waals surface area (Å²) in [6.07, 6.45) is 5.15. The van der Waals surface area contributed by atoms with Gasteiger partial charge in [-0.3, -0.25) is 9.78 Å². The first-order valence-electron chi connectivity index (χ1n) is 12.5. The lowest BCUT2D eigenvalue weighted by molar-refractivity contribution is -0.134. The van der Waals surface area contributed by atoms with E-state index in [4.69, 9.17) is 9.47 Å². The van der Waals surface area contributed by atoms with Crippen molar-refractivity contribution in [3.63, 3.8) is 0 Å². The maximum atomic E-state index is 13.1. The molecule has 1 saturated carbocycles. The van der Waals surface area contributed by atoms with E-state index in [1.54, 1.807) is 0 Å². The van der Waals surface area contributed by atoms with Crippen LogP contribution in [0.2, 0.25) is 0 Å². The maximum Gasteiger partial charge on any atom is 0.260 e. The van der Waals surface area contributed by atoms with Gasteiger partial charge in [0.05, 0.1) is 12.3 Å². The van der Waals surface area contributed by atoms with Gasteiger partial charge in [0.25, 0.3) is 5.91 Å². The van der Waals surface area contributed by atoms with Crippen molar-refractivity contribution in [1.82, 2.24) is 15.2 Å². The van der Waals surface area contributed by atoms with Crippen LogP contribution in [0.15, 0.2) is 42.6 Å². The highest BCUT2D eigenvalue weighted by molar-refractivity contribution is 5.78. The Kier molecular flexibility index (Phi) is 7.17. The van der Waals surface area contributed by atoms with Gasteiger partial charge in [-0.15, -0.1) is 0 Å². The van der Waals surface area contributed by atoms with Gasteiger partial charge in [-0.05, 0) is 73.8 Å². The molecule has 3 atom stereocenters. The molecule has 1 aromatic carbocycles. The monoisotopic (exact) mass is 465 g/mol. The minimum Gasteiger partial charge on any atom is -0.490 e. The molecule has 2 bridgehead atoms. The van der Waals surface area contributed by atoms with Crippen LogP contribution in [-0.2, 0) is 11.3 Å². The predicted molar refractivity (Wildman–Crippen MR) is 134 cm³/mol. The van der Waals surface area contributed by atoms with E-state index in [1.165, 1.54) is 6.42 Å². The highest BCUT2D eigenvalue weighted by Crippen LogP contribution is 2.52. The number of ether oxygens (including phenoxy) is 2. The van der Waals surface area contributed by atoms with E-state index in [9.17, 15) is 4.79 Å². The average Bonchev–Trinajstić information content (AvgIpc) is 3.06. The van der Waals surface area contributed by atoms with Crippen LogP contribution in [0.3, 0.4) is 0 Å². The lowest BCUT2D eigenvalue weighted by Crippen LogP contribution is -2.40. The van der Waals surface area contributed by atoms with Crippen molar-refractivity contribution in [2.75, 3.05) is 19.8 Å². The SMILES string of the molecule is CCOc1cc(CN[C@@H](C)c2ccccn2)ccc1OCC(=O)N1C[C@@]2(C)C[C@H]1CC(C)(C)C2. The Morgan fingerprint density at radius 1 is 1.18 bits per heavy atom. The quantitative estimate of drug-likeness (QED) is 0.556. The van der Waals surface area contributed by atoms with Gasteiger partial charge in [0.2, 0.25) is 0 Å². The second kappa shape index (κ2) is 9.95. The summed E-state index contributed by atoms with van der Waals surface area (Å²) in [5, 5.41) is 3.50. The lowest BCUT2D eigenvalue weighted by Gasteiger charge is -2.39. The fraction of sp³-hybridized carbons (Fsp3) is 0.571. The van der Waals surface area contributed by atoms with E-state index in [0.717, 1.165) is 30.6 Å². The summed E-state index contributed by atoms with van der Waals surface area (Å²) in [5.74, 6) is 1.36. The van der Waals surface area contributed by atoms with Crippen molar-refractivity contribution >= 4 is 5.91 Å². The lowest BCUT2D eigenvalue weighted by atomic mass is 9.65. The molecule has 6 nitrogen and oxygen atoms in total. The van der Waals surface area contributed by atoms with Gasteiger partial charge in [0.1, 0.15) is 0 Å². The number of pyridine rings is 1. The van der Waals surface area contributed by atoms with E-state index in [2.05, 4.69) is 42.9 Å². The summed E-state index contributed by atoms with van der Waals surface area (Å²) in [4.78, 5) is 19.6. The molecule has 184 valence electrons. The van der Waals surface area contributed by atoms with Crippen LogP contribution in [0.25, 0.3) is 0 Å². The largest absolute Gasteiger partial charge is 0.490 e. The molecule has 34 heavy (non-hydrogen) atoms. The van der Waals surface area contributed by atoms with Crippen molar-refractivity contribution < 1.29 is 14.3 Å². The smallest absolute Gasteiger partial charge is 0.260 e. The molecule has 2 heterocycles. The van der Waals surface area contributed by atoms with Gasteiger partial charge in [-0.1, -0.05) is 32.9 Å². The first-order valence-corrected chi connectivity index (χ1v) is 12.5. The van der Waals surface area contributed by atoms with Gasteiger partial charge < -0.3 is 19.7 Å². The third-order valence-corrected chi connectivity index (χ3v) is 7.14. The average molecular weight is 466 g/mol. The molecule has 1 aromatic heterocycles. The number of carbonyl (C=O) groups is 1. The summed E-state index contributed by atoms with van der Waals surface area (Å²) >= 11 is 0. The number of carbonyl (C=O) groups excluding carboxylic acids is 1. The van der Waals surface area contributed by atoms with E-state index in [1.807, 2.05) is 49.5 Å². The summed E-state index contributed by atoms with van der Waals surface area (Å²) in [6.45, 7) is 13.1. The standard InChI is InChI=1S/C28H39N3O3/c1-6-33-25-13-21(16-30-20(2)23-9-7-8-12-29-23)10-11-24(25)34-17-26(32)31-19-28(5)15-22(31)14-27(3,4)18-28/h7-13,20,22,30H,6,14-19H2,1-5H3/t20-,22+,28-/m0/s1. The van der Waals surface area contributed by atoms with Gasteiger partial charge >= 0.3 is 0 Å². The van der Waals surface area contributed by atoms with Crippen LogP contribution in [0.1, 0.15) is 71.2 Å². The number of hydrogen-bond acceptors (Lipinski definition) is 5. The molecular formula is C28H39N3O3. The summed E-state index contributed by atoms with van der Waals surface area (Å²) in [6, 6.07) is 12.3. The Hall–Kier alpha value is -2.60. The molecule has 2 aliphatic rings. The Morgan fingerprint density at radius 2 is 2.00 bits per heavy atom. The van der Waals surface area contributed by atoms with Gasteiger partial charge in [-0.25, -0.2) is 0 Å². The third kappa shape index (κ3) is 5.72. The Labute approximate surface area is 204 Å². The van der Waals surface area contributed by atoms with Gasteiger partial charge in [0, 0.05) is 31.4 Å². The zero-order valence-corrected chi connectivity index (χ0v) is 21.3. The molecule has 1 amide bonds. The second-order valence-electron chi connectivity index (χ2n) is 11.1. The summed E-state index contributed by atoms with van der Waals surface area (Å²) in [5.41, 5.74) is 2.61. The number of likely N-dealkylation sites (tertiary alicyclic amines) is 1. The van der Waals surface area contributed by atoms with Crippen molar-refractivity contribution in [3.8, 4) is 11.5 Å². The van der Waals surface area contributed by atoms with Crippen LogP contribution in [0.5, 0.6) is 11.5 Å². The Balaban J connectivity index is 1.37. The summed E-state index contributed by atoms with van der Waals surface area (Å²) < 4.78 is 11.9. The molecule has 1 saturated heterocycles. The van der Waals surface area contributed by atoms with Crippen LogP contribution in [0.4, 0.5) is 0 Å². The summed E-state index contributed by atoms with van der Waals surface area (Å²) in [7, 11) is 0. The van der Waals surface area contributed by atoms with E-state index >= 15 is 0 Å². The highest BCUT2D eigenvalue weighted by Gasteiger charge is 2.50. The molecule has 0 unspecified atom stereocenters. The Morgan fingerprint density at radius 3 is 2.74 bits per heavy atom. The molecule has 2 aromatic rings. The van der Waals surface area contributed by atoms with Gasteiger partial charge in [-0.2, -0.15) is 0 Å². The minimum atomic E-state index is 0.0430. The van der Waals surface area contributed by atoms with E-state index in [0.29, 0.717) is 30.7 Å². The topological polar surface area (TPSA) is 63.7 Å². The predicted octanol–water partition coefficient (Wildman–Crippen LogP) is 5.14. The molecule has 4 rings (SSSR count). The fourth-order valence-electron chi connectivity index (χ4n) is 6.03. The number of fused-ring (bicyclic) bond motifs is 2. The number of rotatable bonds is 9. The molecule has 6 heteroatoms. The first-order chi connectivity index (χ1) is 16.2. The molecule has 0 spiro atoms. The maximum absolute atomic E-state index is 13.1. The van der Waals surface area contributed by atoms with Crippen molar-refractivity contribution in [3.05, 3.63) is 53.9 Å². The second-order valence-corrected chi connectivity index (χ2v) is 11.1. The zero-order valence-electron chi connectivity index (χ0n) is 21.3. The number of nitrogens with zero attached hydrogens (tertiary/aromatic N) is 2. The molecular weight excluding hydrogens is 426 g/mol. The van der Waals surface area contributed by atoms with Crippen molar-refractivity contribution in [1.29, 1.82) is 0 Å². The number of benzene rings is 1. The van der Waals surface area contributed by atoms with E-state index in [-0.39, 0.29) is 29.4 Å². The normalized spacial score (nSPS) is 24.0. The fourth-order valence-corrected chi connectivity index (χ4v) is 6.03. The molecule has 1 aliphatic carbocycles. The highest BCUT2D eigenvalue weighted by atomic mass is 16.5. The molecule has 1 aliphatic heterocycles. The van der Waals surface area contributed by atoms with Crippen LogP contribution >= 0.6 is 0 Å².